The zero-order valence-corrected chi connectivity index (χ0v) is 9.82. The van der Waals surface area contributed by atoms with Crippen LogP contribution in [0.2, 0.25) is 0 Å². The predicted octanol–water partition coefficient (Wildman–Crippen LogP) is -0.138. The van der Waals surface area contributed by atoms with Crippen LogP contribution in [0.5, 0.6) is 0 Å². The third-order valence-corrected chi connectivity index (χ3v) is 2.75. The normalized spacial score (nSPS) is 16.9. The van der Waals surface area contributed by atoms with Crippen LogP contribution < -0.4 is 5.32 Å². The summed E-state index contributed by atoms with van der Waals surface area (Å²) in [6.07, 6.45) is 4.16. The van der Waals surface area contributed by atoms with Crippen LogP contribution in [-0.4, -0.2) is 60.2 Å². The average Bonchev–Trinajstić information content (AvgIpc) is 2.89. The summed E-state index contributed by atoms with van der Waals surface area (Å²) in [6, 6.07) is 0. The molecule has 6 nitrogen and oxygen atoms in total. The van der Waals surface area contributed by atoms with Crippen molar-refractivity contribution in [2.45, 2.75) is 6.42 Å². The molecule has 0 radical (unpaired) electrons. The van der Waals surface area contributed by atoms with Crippen LogP contribution in [-0.2, 0) is 4.74 Å². The molecule has 2 rings (SSSR count). The summed E-state index contributed by atoms with van der Waals surface area (Å²) in [5.41, 5.74) is 0. The molecule has 1 aromatic rings. The van der Waals surface area contributed by atoms with Gasteiger partial charge in [-0.15, -0.1) is 0 Å². The summed E-state index contributed by atoms with van der Waals surface area (Å²) >= 11 is 0. The standard InChI is InChI=1S/C11H18N4O2/c16-11(10-12-3-4-13-10)14-2-1-5-15-6-8-17-9-7-15/h3-4H,1-2,5-9H2,(H,12,13)(H,14,16). The summed E-state index contributed by atoms with van der Waals surface area (Å²) in [5, 5.41) is 2.83. The molecular weight excluding hydrogens is 220 g/mol. The molecule has 1 fully saturated rings. The van der Waals surface area contributed by atoms with Crippen molar-refractivity contribution in [1.29, 1.82) is 0 Å². The number of hydrogen-bond acceptors (Lipinski definition) is 4. The molecule has 0 bridgehead atoms. The number of aromatic nitrogens is 2. The maximum Gasteiger partial charge on any atom is 0.287 e. The Morgan fingerprint density at radius 1 is 1.53 bits per heavy atom. The molecule has 0 saturated carbocycles. The molecule has 1 amide bonds. The maximum absolute atomic E-state index is 11.5. The Hall–Kier alpha value is -1.40. The van der Waals surface area contributed by atoms with Crippen molar-refractivity contribution in [2.24, 2.45) is 0 Å². The monoisotopic (exact) mass is 238 g/mol. The predicted molar refractivity (Wildman–Crippen MR) is 62.8 cm³/mol. The number of morpholine rings is 1. The Morgan fingerprint density at radius 2 is 2.35 bits per heavy atom. The molecule has 1 saturated heterocycles. The van der Waals surface area contributed by atoms with E-state index in [-0.39, 0.29) is 5.91 Å². The van der Waals surface area contributed by atoms with E-state index in [0.29, 0.717) is 12.4 Å². The first-order chi connectivity index (χ1) is 8.36. The average molecular weight is 238 g/mol. The number of aromatic amines is 1. The van der Waals surface area contributed by atoms with E-state index in [1.165, 1.54) is 0 Å². The Bertz CT molecular complexity index is 333. The second-order valence-corrected chi connectivity index (χ2v) is 4.00. The van der Waals surface area contributed by atoms with E-state index >= 15 is 0 Å². The molecule has 94 valence electrons. The largest absolute Gasteiger partial charge is 0.379 e. The molecule has 0 aromatic carbocycles. The van der Waals surface area contributed by atoms with Gasteiger partial charge in [0, 0.05) is 32.0 Å². The summed E-state index contributed by atoms with van der Waals surface area (Å²) in [6.45, 7) is 5.30. The number of rotatable bonds is 5. The van der Waals surface area contributed by atoms with Gasteiger partial charge in [-0.1, -0.05) is 0 Å². The number of nitrogens with one attached hydrogen (secondary N) is 2. The highest BCUT2D eigenvalue weighted by molar-refractivity contribution is 5.90. The lowest BCUT2D eigenvalue weighted by atomic mass is 10.3. The number of nitrogens with zero attached hydrogens (tertiary/aromatic N) is 2. The Morgan fingerprint density at radius 3 is 3.06 bits per heavy atom. The van der Waals surface area contributed by atoms with Gasteiger partial charge in [-0.05, 0) is 13.0 Å². The minimum Gasteiger partial charge on any atom is -0.379 e. The van der Waals surface area contributed by atoms with Gasteiger partial charge >= 0.3 is 0 Å². The van der Waals surface area contributed by atoms with Gasteiger partial charge in [0.1, 0.15) is 0 Å². The van der Waals surface area contributed by atoms with Gasteiger partial charge in [0.2, 0.25) is 0 Å². The number of carbonyl (C=O) groups excluding carboxylic acids is 1. The third-order valence-electron chi connectivity index (χ3n) is 2.75. The van der Waals surface area contributed by atoms with E-state index in [0.717, 1.165) is 39.3 Å². The first-order valence-electron chi connectivity index (χ1n) is 5.94. The van der Waals surface area contributed by atoms with Gasteiger partial charge in [-0.25, -0.2) is 4.98 Å². The van der Waals surface area contributed by atoms with Crippen molar-refractivity contribution >= 4 is 5.91 Å². The fourth-order valence-electron chi connectivity index (χ4n) is 1.80. The number of hydrogen-bond donors (Lipinski definition) is 2. The molecule has 1 aromatic heterocycles. The van der Waals surface area contributed by atoms with Crippen LogP contribution in [0, 0.1) is 0 Å². The first-order valence-corrected chi connectivity index (χ1v) is 5.94. The number of ether oxygens (including phenoxy) is 1. The highest BCUT2D eigenvalue weighted by Gasteiger charge is 2.10. The zero-order chi connectivity index (χ0) is 11.9. The molecule has 0 aliphatic carbocycles. The van der Waals surface area contributed by atoms with Crippen molar-refractivity contribution in [3.8, 4) is 0 Å². The molecule has 1 aliphatic rings. The molecule has 0 unspecified atom stereocenters. The first kappa shape index (κ1) is 12.1. The minimum atomic E-state index is -0.142. The van der Waals surface area contributed by atoms with Crippen LogP contribution >= 0.6 is 0 Å². The smallest absolute Gasteiger partial charge is 0.287 e. The number of carbonyl (C=O) groups is 1. The highest BCUT2D eigenvalue weighted by Crippen LogP contribution is 1.97. The summed E-state index contributed by atoms with van der Waals surface area (Å²) in [7, 11) is 0. The fraction of sp³-hybridized carbons (Fsp3) is 0.636. The minimum absolute atomic E-state index is 0.142. The van der Waals surface area contributed by atoms with Gasteiger partial charge in [-0.3, -0.25) is 9.69 Å². The van der Waals surface area contributed by atoms with Crippen molar-refractivity contribution in [3.05, 3.63) is 18.2 Å². The van der Waals surface area contributed by atoms with E-state index < -0.39 is 0 Å². The Kier molecular flexibility index (Phi) is 4.52. The SMILES string of the molecule is O=C(NCCCN1CCOCC1)c1ncc[nH]1. The van der Waals surface area contributed by atoms with E-state index in [1.807, 2.05) is 0 Å². The van der Waals surface area contributed by atoms with E-state index in [4.69, 9.17) is 4.74 Å². The number of amides is 1. The second kappa shape index (κ2) is 6.36. The Labute approximate surface area is 100 Å². The Balaban J connectivity index is 1.58. The van der Waals surface area contributed by atoms with Gasteiger partial charge in [0.05, 0.1) is 13.2 Å². The van der Waals surface area contributed by atoms with Crippen molar-refractivity contribution < 1.29 is 9.53 Å². The van der Waals surface area contributed by atoms with Gasteiger partial charge < -0.3 is 15.0 Å². The molecule has 1 aliphatic heterocycles. The lowest BCUT2D eigenvalue weighted by Crippen LogP contribution is -2.38. The van der Waals surface area contributed by atoms with Gasteiger partial charge in [-0.2, -0.15) is 0 Å². The number of imidazole rings is 1. The molecular formula is C11H18N4O2. The fourth-order valence-corrected chi connectivity index (χ4v) is 1.80. The lowest BCUT2D eigenvalue weighted by molar-refractivity contribution is 0.0374. The van der Waals surface area contributed by atoms with Crippen LogP contribution in [0.15, 0.2) is 12.4 Å². The highest BCUT2D eigenvalue weighted by atomic mass is 16.5. The topological polar surface area (TPSA) is 70.2 Å². The van der Waals surface area contributed by atoms with Crippen LogP contribution in [0.25, 0.3) is 0 Å². The van der Waals surface area contributed by atoms with Crippen molar-refractivity contribution in [2.75, 3.05) is 39.4 Å². The van der Waals surface area contributed by atoms with Crippen LogP contribution in [0.4, 0.5) is 0 Å². The summed E-state index contributed by atoms with van der Waals surface area (Å²) in [4.78, 5) is 20.5. The molecule has 6 heteroatoms. The number of H-pyrrole nitrogens is 1. The molecule has 2 N–H and O–H groups in total. The second-order valence-electron chi connectivity index (χ2n) is 4.00. The molecule has 2 heterocycles. The molecule has 0 atom stereocenters. The third kappa shape index (κ3) is 3.83. The van der Waals surface area contributed by atoms with E-state index in [9.17, 15) is 4.79 Å². The van der Waals surface area contributed by atoms with Gasteiger partial charge in [0.15, 0.2) is 5.82 Å². The molecule has 17 heavy (non-hydrogen) atoms. The zero-order valence-electron chi connectivity index (χ0n) is 9.82. The van der Waals surface area contributed by atoms with Crippen LogP contribution in [0.1, 0.15) is 17.0 Å². The maximum atomic E-state index is 11.5. The summed E-state index contributed by atoms with van der Waals surface area (Å²) in [5.74, 6) is 0.230. The van der Waals surface area contributed by atoms with Crippen molar-refractivity contribution in [1.82, 2.24) is 20.2 Å². The lowest BCUT2D eigenvalue weighted by Gasteiger charge is -2.26. The molecule has 0 spiro atoms. The van der Waals surface area contributed by atoms with E-state index in [2.05, 4.69) is 20.2 Å². The summed E-state index contributed by atoms with van der Waals surface area (Å²) < 4.78 is 5.27. The van der Waals surface area contributed by atoms with Crippen molar-refractivity contribution in [3.63, 3.8) is 0 Å². The van der Waals surface area contributed by atoms with E-state index in [1.54, 1.807) is 12.4 Å². The van der Waals surface area contributed by atoms with Gasteiger partial charge in [0.25, 0.3) is 5.91 Å². The quantitative estimate of drug-likeness (QED) is 0.701. The van der Waals surface area contributed by atoms with Crippen LogP contribution in [0.3, 0.4) is 0 Å².